The van der Waals surface area contributed by atoms with E-state index in [2.05, 4.69) is 0 Å². The first-order valence-corrected chi connectivity index (χ1v) is 6.88. The van der Waals surface area contributed by atoms with Gasteiger partial charge in [-0.05, 0) is 19.3 Å². The molecule has 1 heterocycles. The van der Waals surface area contributed by atoms with Crippen molar-refractivity contribution in [2.24, 2.45) is 0 Å². The topological polar surface area (TPSA) is 37.3 Å². The SMILES string of the molecule is O=C(O)CCCC[C@@H]1CCS[SH+]1. The second kappa shape index (κ2) is 5.75. The molecule has 0 spiro atoms. The van der Waals surface area contributed by atoms with Crippen LogP contribution >= 0.6 is 10.8 Å². The van der Waals surface area contributed by atoms with Gasteiger partial charge in [0.2, 0.25) is 0 Å². The zero-order valence-corrected chi connectivity index (χ0v) is 8.74. The summed E-state index contributed by atoms with van der Waals surface area (Å²) in [5.74, 6) is 0.638. The molecule has 1 aliphatic rings. The van der Waals surface area contributed by atoms with Gasteiger partial charge in [0.25, 0.3) is 0 Å². The number of rotatable bonds is 5. The van der Waals surface area contributed by atoms with Crippen molar-refractivity contribution in [3.8, 4) is 0 Å². The second-order valence-corrected chi connectivity index (χ2v) is 6.04. The molecule has 0 aromatic heterocycles. The van der Waals surface area contributed by atoms with Crippen LogP contribution in [0.15, 0.2) is 0 Å². The van der Waals surface area contributed by atoms with Gasteiger partial charge in [-0.3, -0.25) is 4.79 Å². The van der Waals surface area contributed by atoms with Gasteiger partial charge in [-0.15, -0.1) is 0 Å². The number of carboxylic acid groups (broad SMARTS) is 1. The lowest BCUT2D eigenvalue weighted by atomic mass is 10.1. The van der Waals surface area contributed by atoms with Crippen LogP contribution in [0.4, 0.5) is 0 Å². The molecular formula is C8H15O2S2+. The largest absolute Gasteiger partial charge is 0.481 e. The average Bonchev–Trinajstić information content (AvgIpc) is 2.49. The zero-order chi connectivity index (χ0) is 8.81. The number of aliphatic carboxylic acids is 1. The molecular weight excluding hydrogens is 192 g/mol. The van der Waals surface area contributed by atoms with E-state index in [0.717, 1.165) is 18.1 Å². The lowest BCUT2D eigenvalue weighted by Crippen LogP contribution is -2.03. The summed E-state index contributed by atoms with van der Waals surface area (Å²) >= 11 is 0. The lowest BCUT2D eigenvalue weighted by molar-refractivity contribution is -0.137. The Morgan fingerprint density at radius 2 is 2.42 bits per heavy atom. The Hall–Kier alpha value is 0.170. The molecule has 70 valence electrons. The van der Waals surface area contributed by atoms with Crippen LogP contribution in [0.5, 0.6) is 0 Å². The quantitative estimate of drug-likeness (QED) is 0.324. The Bertz CT molecular complexity index is 144. The highest BCUT2D eigenvalue weighted by atomic mass is 33.1. The predicted molar refractivity (Wildman–Crippen MR) is 55.7 cm³/mol. The summed E-state index contributed by atoms with van der Waals surface area (Å²) in [5.41, 5.74) is 0. The van der Waals surface area contributed by atoms with Crippen molar-refractivity contribution in [1.82, 2.24) is 0 Å². The maximum absolute atomic E-state index is 10.2. The number of thiol groups is 1. The third-order valence-corrected chi connectivity index (χ3v) is 5.22. The molecule has 1 aliphatic heterocycles. The van der Waals surface area contributed by atoms with Crippen LogP contribution in [0, 0.1) is 0 Å². The summed E-state index contributed by atoms with van der Waals surface area (Å²) in [7, 11) is 3.53. The summed E-state index contributed by atoms with van der Waals surface area (Å²) in [5, 5.41) is 9.25. The van der Waals surface area contributed by atoms with Crippen molar-refractivity contribution in [2.45, 2.75) is 37.4 Å². The molecule has 1 atom stereocenters. The summed E-state index contributed by atoms with van der Waals surface area (Å²) in [6, 6.07) is 0. The first-order chi connectivity index (χ1) is 5.79. The number of carbonyl (C=O) groups is 1. The molecule has 0 aromatic carbocycles. The number of hydrogen-bond acceptors (Lipinski definition) is 2. The van der Waals surface area contributed by atoms with Gasteiger partial charge in [-0.25, -0.2) is 0 Å². The van der Waals surface area contributed by atoms with Crippen LogP contribution in [-0.2, 0) is 15.6 Å². The van der Waals surface area contributed by atoms with Gasteiger partial charge < -0.3 is 5.11 Å². The maximum Gasteiger partial charge on any atom is 0.303 e. The first-order valence-electron chi connectivity index (χ1n) is 4.33. The molecule has 12 heavy (non-hydrogen) atoms. The zero-order valence-electron chi connectivity index (χ0n) is 7.03. The molecule has 4 heteroatoms. The maximum atomic E-state index is 10.2. The van der Waals surface area contributed by atoms with Crippen LogP contribution in [-0.4, -0.2) is 22.1 Å². The minimum atomic E-state index is -0.659. The van der Waals surface area contributed by atoms with Crippen LogP contribution in [0.3, 0.4) is 0 Å². The molecule has 0 saturated carbocycles. The van der Waals surface area contributed by atoms with Crippen LogP contribution in [0.25, 0.3) is 0 Å². The van der Waals surface area contributed by atoms with Crippen molar-refractivity contribution in [3.63, 3.8) is 0 Å². The summed E-state index contributed by atoms with van der Waals surface area (Å²) in [6.07, 6.45) is 4.84. The Morgan fingerprint density at radius 3 is 3.00 bits per heavy atom. The Labute approximate surface area is 80.9 Å². The molecule has 1 fully saturated rings. The molecule has 0 aliphatic carbocycles. The first kappa shape index (κ1) is 10.3. The summed E-state index contributed by atoms with van der Waals surface area (Å²) in [6.45, 7) is 0. The van der Waals surface area contributed by atoms with Crippen LogP contribution < -0.4 is 0 Å². The van der Waals surface area contributed by atoms with Gasteiger partial charge in [0, 0.05) is 29.4 Å². The third-order valence-electron chi connectivity index (χ3n) is 1.94. The van der Waals surface area contributed by atoms with E-state index in [1.807, 2.05) is 10.8 Å². The lowest BCUT2D eigenvalue weighted by Gasteiger charge is -1.99. The van der Waals surface area contributed by atoms with Crippen molar-refractivity contribution < 1.29 is 9.90 Å². The van der Waals surface area contributed by atoms with Gasteiger partial charge in [0.1, 0.15) is 5.25 Å². The number of hydrogen-bond donors (Lipinski definition) is 1. The van der Waals surface area contributed by atoms with Gasteiger partial charge >= 0.3 is 5.97 Å². The monoisotopic (exact) mass is 207 g/mol. The number of unbranched alkanes of at least 4 members (excludes halogenated alkanes) is 1. The number of carboxylic acids is 1. The molecule has 1 N–H and O–H groups in total. The van der Waals surface area contributed by atoms with E-state index in [1.165, 1.54) is 29.4 Å². The Kier molecular flexibility index (Phi) is 4.92. The fraction of sp³-hybridized carbons (Fsp3) is 0.875. The molecule has 0 bridgehead atoms. The Balaban J connectivity index is 1.91. The molecule has 1 saturated heterocycles. The fourth-order valence-corrected chi connectivity index (χ4v) is 4.55. The predicted octanol–water partition coefficient (Wildman–Crippen LogP) is 1.87. The standard InChI is InChI=1S/C8H14O2S2/c9-8(10)4-2-1-3-7-5-6-11-12-7/h7H,1-6H2,(H,9,10)/p+1/t7-/m1/s1. The van der Waals surface area contributed by atoms with Gasteiger partial charge in [0.05, 0.1) is 10.8 Å². The van der Waals surface area contributed by atoms with E-state index in [4.69, 9.17) is 5.11 Å². The summed E-state index contributed by atoms with van der Waals surface area (Å²) < 4.78 is 0. The van der Waals surface area contributed by atoms with Crippen molar-refractivity contribution >= 4 is 27.6 Å². The smallest absolute Gasteiger partial charge is 0.303 e. The highest BCUT2D eigenvalue weighted by Crippen LogP contribution is 2.26. The molecule has 1 rings (SSSR count). The van der Waals surface area contributed by atoms with Crippen LogP contribution in [0.1, 0.15) is 32.1 Å². The van der Waals surface area contributed by atoms with E-state index in [9.17, 15) is 4.79 Å². The minimum absolute atomic E-state index is 0.344. The van der Waals surface area contributed by atoms with E-state index in [1.54, 1.807) is 0 Å². The average molecular weight is 207 g/mol. The highest BCUT2D eigenvalue weighted by Gasteiger charge is 2.24. The van der Waals surface area contributed by atoms with Crippen molar-refractivity contribution in [2.75, 3.05) is 5.75 Å². The van der Waals surface area contributed by atoms with Gasteiger partial charge in [-0.1, -0.05) is 0 Å². The van der Waals surface area contributed by atoms with Gasteiger partial charge in [0.15, 0.2) is 0 Å². The molecule has 0 aromatic rings. The van der Waals surface area contributed by atoms with E-state index in [-0.39, 0.29) is 0 Å². The van der Waals surface area contributed by atoms with E-state index < -0.39 is 5.97 Å². The molecule has 2 nitrogen and oxygen atoms in total. The normalized spacial score (nSPS) is 22.8. The third kappa shape index (κ3) is 4.26. The highest BCUT2D eigenvalue weighted by molar-refractivity contribution is 8.67. The second-order valence-electron chi connectivity index (χ2n) is 3.02. The van der Waals surface area contributed by atoms with E-state index in [0.29, 0.717) is 6.42 Å². The van der Waals surface area contributed by atoms with Crippen LogP contribution in [0.2, 0.25) is 0 Å². The Morgan fingerprint density at radius 1 is 1.58 bits per heavy atom. The van der Waals surface area contributed by atoms with Crippen molar-refractivity contribution in [3.05, 3.63) is 0 Å². The minimum Gasteiger partial charge on any atom is -0.481 e. The molecule has 0 unspecified atom stereocenters. The molecule has 0 amide bonds. The molecule has 0 radical (unpaired) electrons. The van der Waals surface area contributed by atoms with Gasteiger partial charge in [-0.2, -0.15) is 0 Å². The fourth-order valence-electron chi connectivity index (χ4n) is 1.25. The van der Waals surface area contributed by atoms with E-state index >= 15 is 0 Å². The summed E-state index contributed by atoms with van der Waals surface area (Å²) in [4.78, 5) is 10.2. The van der Waals surface area contributed by atoms with Crippen molar-refractivity contribution in [1.29, 1.82) is 0 Å².